The van der Waals surface area contributed by atoms with E-state index in [-0.39, 0.29) is 16.9 Å². The summed E-state index contributed by atoms with van der Waals surface area (Å²) in [6.45, 7) is 6.55. The molecule has 0 spiro atoms. The molecule has 0 saturated heterocycles. The molecule has 0 bridgehead atoms. The molecule has 0 heterocycles. The van der Waals surface area contributed by atoms with Crippen molar-refractivity contribution >= 4 is 5.78 Å². The molecule has 1 N–H and O–H groups in total. The lowest BCUT2D eigenvalue weighted by Gasteiger charge is -2.63. The van der Waals surface area contributed by atoms with E-state index < -0.39 is 5.60 Å². The van der Waals surface area contributed by atoms with Crippen LogP contribution < -0.4 is 0 Å². The highest BCUT2D eigenvalue weighted by Crippen LogP contribution is 2.67. The lowest BCUT2D eigenvalue weighted by molar-refractivity contribution is -0.196. The lowest BCUT2D eigenvalue weighted by atomic mass is 9.42. The van der Waals surface area contributed by atoms with Crippen LogP contribution in [0.2, 0.25) is 0 Å². The van der Waals surface area contributed by atoms with E-state index in [0.717, 1.165) is 38.5 Å². The second-order valence-electron chi connectivity index (χ2n) is 10.3. The van der Waals surface area contributed by atoms with Gasteiger partial charge in [0.25, 0.3) is 0 Å². The number of aliphatic hydroxyl groups is 1. The van der Waals surface area contributed by atoms with Crippen molar-refractivity contribution in [3.8, 4) is 0 Å². The molecule has 0 aromatic carbocycles. The number of carbonyl (C=O) groups is 1. The summed E-state index contributed by atoms with van der Waals surface area (Å²) < 4.78 is 5.98. The largest absolute Gasteiger partial charge is 0.390 e. The molecule has 3 nitrogen and oxygen atoms in total. The summed E-state index contributed by atoms with van der Waals surface area (Å²) in [5.41, 5.74) is -0.362. The van der Waals surface area contributed by atoms with Crippen LogP contribution in [0.1, 0.15) is 78.6 Å². The zero-order valence-corrected chi connectivity index (χ0v) is 16.5. The molecule has 4 aliphatic carbocycles. The van der Waals surface area contributed by atoms with E-state index in [1.807, 2.05) is 14.0 Å². The van der Waals surface area contributed by atoms with Crippen LogP contribution in [0.5, 0.6) is 0 Å². The Bertz CT molecular complexity index is 555. The molecule has 0 amide bonds. The van der Waals surface area contributed by atoms with Gasteiger partial charge in [-0.15, -0.1) is 0 Å². The van der Waals surface area contributed by atoms with E-state index in [0.29, 0.717) is 29.5 Å². The number of carbonyl (C=O) groups excluding carboxylic acids is 1. The predicted octanol–water partition coefficient (Wildman–Crippen LogP) is 4.36. The van der Waals surface area contributed by atoms with Gasteiger partial charge in [0.15, 0.2) is 0 Å². The Kier molecular flexibility index (Phi) is 4.16. The molecule has 3 heteroatoms. The van der Waals surface area contributed by atoms with E-state index in [9.17, 15) is 9.90 Å². The summed E-state index contributed by atoms with van der Waals surface area (Å²) >= 11 is 0. The van der Waals surface area contributed by atoms with Gasteiger partial charge in [-0.05, 0) is 88.9 Å². The molecule has 0 radical (unpaired) electrons. The van der Waals surface area contributed by atoms with E-state index >= 15 is 0 Å². The van der Waals surface area contributed by atoms with Crippen LogP contribution >= 0.6 is 0 Å². The minimum absolute atomic E-state index is 0.0499. The van der Waals surface area contributed by atoms with Gasteiger partial charge in [-0.25, -0.2) is 0 Å². The third-order valence-electron chi connectivity index (χ3n) is 9.34. The van der Waals surface area contributed by atoms with Gasteiger partial charge >= 0.3 is 0 Å². The fraction of sp³-hybridized carbons (Fsp3) is 0.955. The van der Waals surface area contributed by atoms with Crippen molar-refractivity contribution in [1.29, 1.82) is 0 Å². The van der Waals surface area contributed by atoms with Crippen molar-refractivity contribution in [1.82, 2.24) is 0 Å². The first-order chi connectivity index (χ1) is 11.7. The third-order valence-corrected chi connectivity index (χ3v) is 9.34. The minimum Gasteiger partial charge on any atom is -0.390 e. The Hall–Kier alpha value is -0.410. The number of ketones is 1. The molecule has 0 aliphatic heterocycles. The molecule has 3 unspecified atom stereocenters. The maximum Gasteiger partial charge on any atom is 0.139 e. The Balaban J connectivity index is 1.71. The normalized spacial score (nSPS) is 53.7. The molecule has 4 fully saturated rings. The fourth-order valence-corrected chi connectivity index (χ4v) is 7.95. The van der Waals surface area contributed by atoms with Crippen molar-refractivity contribution in [2.75, 3.05) is 7.11 Å². The quantitative estimate of drug-likeness (QED) is 0.806. The highest BCUT2D eigenvalue weighted by atomic mass is 16.5. The van der Waals surface area contributed by atoms with Crippen LogP contribution in [0, 0.1) is 34.5 Å². The van der Waals surface area contributed by atoms with E-state index in [4.69, 9.17) is 4.74 Å². The van der Waals surface area contributed by atoms with Crippen molar-refractivity contribution in [2.24, 2.45) is 34.5 Å². The molecular formula is C22H36O3. The number of hydrogen-bond acceptors (Lipinski definition) is 3. The van der Waals surface area contributed by atoms with E-state index in [1.54, 1.807) is 0 Å². The van der Waals surface area contributed by atoms with Crippen LogP contribution in [-0.4, -0.2) is 29.7 Å². The van der Waals surface area contributed by atoms with Gasteiger partial charge in [0.05, 0.1) is 11.7 Å². The second-order valence-corrected chi connectivity index (χ2v) is 10.3. The molecule has 4 saturated carbocycles. The van der Waals surface area contributed by atoms with Crippen molar-refractivity contribution in [3.05, 3.63) is 0 Å². The highest BCUT2D eigenvalue weighted by molar-refractivity contribution is 5.87. The average molecular weight is 349 g/mol. The Morgan fingerprint density at radius 2 is 1.84 bits per heavy atom. The molecular weight excluding hydrogens is 312 g/mol. The zero-order valence-electron chi connectivity index (χ0n) is 16.5. The first-order valence-corrected chi connectivity index (χ1v) is 10.5. The number of hydrogen-bond donors (Lipinski definition) is 1. The first-order valence-electron chi connectivity index (χ1n) is 10.5. The number of Topliss-reactive ketones (excluding diaryl/α,β-unsaturated/α-hetero) is 1. The van der Waals surface area contributed by atoms with E-state index in [2.05, 4.69) is 13.8 Å². The van der Waals surface area contributed by atoms with E-state index in [1.165, 1.54) is 19.3 Å². The van der Waals surface area contributed by atoms with Gasteiger partial charge in [0.1, 0.15) is 5.78 Å². The van der Waals surface area contributed by atoms with Crippen LogP contribution in [0.3, 0.4) is 0 Å². The minimum atomic E-state index is -0.513. The summed E-state index contributed by atoms with van der Waals surface area (Å²) in [5.74, 6) is 3.03. The van der Waals surface area contributed by atoms with Crippen molar-refractivity contribution in [3.63, 3.8) is 0 Å². The smallest absolute Gasteiger partial charge is 0.139 e. The van der Waals surface area contributed by atoms with Gasteiger partial charge in [0.2, 0.25) is 0 Å². The highest BCUT2D eigenvalue weighted by Gasteiger charge is 2.63. The van der Waals surface area contributed by atoms with Crippen LogP contribution in [0.25, 0.3) is 0 Å². The molecule has 0 aromatic heterocycles. The Morgan fingerprint density at radius 3 is 2.56 bits per heavy atom. The maximum atomic E-state index is 12.6. The van der Waals surface area contributed by atoms with Gasteiger partial charge < -0.3 is 9.84 Å². The number of ether oxygens (including phenoxy) is 1. The third kappa shape index (κ3) is 2.41. The molecule has 25 heavy (non-hydrogen) atoms. The van der Waals surface area contributed by atoms with Gasteiger partial charge in [0, 0.05) is 24.4 Å². The van der Waals surface area contributed by atoms with Crippen LogP contribution in [-0.2, 0) is 9.53 Å². The topological polar surface area (TPSA) is 46.5 Å². The summed E-state index contributed by atoms with van der Waals surface area (Å²) in [7, 11) is 1.86. The number of rotatable bonds is 2. The Morgan fingerprint density at radius 1 is 1.08 bits per heavy atom. The summed E-state index contributed by atoms with van der Waals surface area (Å²) in [4.78, 5) is 12.6. The average Bonchev–Trinajstić information content (AvgIpc) is 2.88. The first kappa shape index (κ1) is 18.0. The number of fused-ring (bicyclic) bond motifs is 5. The maximum absolute atomic E-state index is 12.6. The number of methoxy groups -OCH3 is 1. The van der Waals surface area contributed by atoms with Crippen molar-refractivity contribution in [2.45, 2.75) is 90.3 Å². The summed E-state index contributed by atoms with van der Waals surface area (Å²) in [6, 6.07) is 0. The van der Waals surface area contributed by atoms with Crippen LogP contribution in [0.4, 0.5) is 0 Å². The SMILES string of the molecule is COC(C)[C@]12CC[C@@](C)(O)CC1CCC1[C@@H]2CC[C@]2(C)C(=O)CC[C@@H]12. The standard InChI is InChI=1S/C22H36O3/c1-14(25-4)22-12-11-20(2,24)13-15(22)5-6-16-17-7-8-19(23)21(17,3)10-9-18(16)22/h14-18,24H,5-13H2,1-4H3/t14?,15?,16?,17-,18-,20+,21-,22+/m0/s1. The predicted molar refractivity (Wildman–Crippen MR) is 98.2 cm³/mol. The zero-order chi connectivity index (χ0) is 18.0. The second kappa shape index (κ2) is 5.79. The monoisotopic (exact) mass is 348 g/mol. The lowest BCUT2D eigenvalue weighted by Crippen LogP contribution is -2.60. The molecule has 4 rings (SSSR count). The van der Waals surface area contributed by atoms with Gasteiger partial charge in [-0.2, -0.15) is 0 Å². The molecule has 8 atom stereocenters. The van der Waals surface area contributed by atoms with Crippen LogP contribution in [0.15, 0.2) is 0 Å². The van der Waals surface area contributed by atoms with Gasteiger partial charge in [-0.1, -0.05) is 6.92 Å². The van der Waals surface area contributed by atoms with Crippen molar-refractivity contribution < 1.29 is 14.6 Å². The summed E-state index contributed by atoms with van der Waals surface area (Å²) in [5, 5.41) is 10.7. The molecule has 142 valence electrons. The summed E-state index contributed by atoms with van der Waals surface area (Å²) in [6.07, 6.45) is 9.73. The fourth-order valence-electron chi connectivity index (χ4n) is 7.95. The molecule has 0 aromatic rings. The van der Waals surface area contributed by atoms with Gasteiger partial charge in [-0.3, -0.25) is 4.79 Å². The molecule has 4 aliphatic rings. The Labute approximate surface area is 152 Å².